The number of benzene rings is 3. The van der Waals surface area contributed by atoms with E-state index in [0.29, 0.717) is 11.3 Å². The SMILES string of the molecule is COc1cc2ccccc2cc1C(=O)N/N=C\c1cccc(I)c1. The second-order valence-corrected chi connectivity index (χ2v) is 6.40. The fourth-order valence-electron chi connectivity index (χ4n) is 2.38. The maximum atomic E-state index is 12.4. The molecule has 1 N–H and O–H groups in total. The highest BCUT2D eigenvalue weighted by atomic mass is 127. The number of fused-ring (bicyclic) bond motifs is 1. The standard InChI is InChI=1S/C19H15IN2O2/c1-24-18-11-15-7-3-2-6-14(15)10-17(18)19(23)22-21-12-13-5-4-8-16(20)9-13/h2-12H,1H3,(H,22,23)/b21-12-. The van der Waals surface area contributed by atoms with Crippen LogP contribution in [0, 0.1) is 3.57 Å². The zero-order chi connectivity index (χ0) is 16.9. The molecule has 0 fully saturated rings. The molecule has 0 heterocycles. The molecule has 1 amide bonds. The number of halogens is 1. The number of hydrogen-bond donors (Lipinski definition) is 1. The highest BCUT2D eigenvalue weighted by Gasteiger charge is 2.13. The summed E-state index contributed by atoms with van der Waals surface area (Å²) >= 11 is 2.23. The highest BCUT2D eigenvalue weighted by molar-refractivity contribution is 14.1. The summed E-state index contributed by atoms with van der Waals surface area (Å²) in [6, 6.07) is 19.3. The lowest BCUT2D eigenvalue weighted by molar-refractivity contribution is 0.0952. The number of hydrogen-bond acceptors (Lipinski definition) is 3. The van der Waals surface area contributed by atoms with Crippen molar-refractivity contribution in [1.29, 1.82) is 0 Å². The molecule has 3 rings (SSSR count). The predicted octanol–water partition coefficient (Wildman–Crippen LogP) is 4.22. The van der Waals surface area contributed by atoms with E-state index in [1.54, 1.807) is 13.3 Å². The van der Waals surface area contributed by atoms with Gasteiger partial charge in [-0.1, -0.05) is 36.4 Å². The lowest BCUT2D eigenvalue weighted by Crippen LogP contribution is -2.18. The van der Waals surface area contributed by atoms with Gasteiger partial charge in [0.2, 0.25) is 0 Å². The van der Waals surface area contributed by atoms with E-state index in [-0.39, 0.29) is 5.91 Å². The summed E-state index contributed by atoms with van der Waals surface area (Å²) in [5, 5.41) is 6.03. The summed E-state index contributed by atoms with van der Waals surface area (Å²) in [7, 11) is 1.55. The summed E-state index contributed by atoms with van der Waals surface area (Å²) in [6.45, 7) is 0. The van der Waals surface area contributed by atoms with E-state index in [0.717, 1.165) is 19.9 Å². The van der Waals surface area contributed by atoms with Crippen LogP contribution in [0.5, 0.6) is 5.75 Å². The Balaban J connectivity index is 1.83. The summed E-state index contributed by atoms with van der Waals surface area (Å²) in [5.41, 5.74) is 3.93. The molecule has 0 spiro atoms. The van der Waals surface area contributed by atoms with Crippen molar-refractivity contribution in [3.05, 3.63) is 75.4 Å². The molecule has 0 bridgehead atoms. The number of carbonyl (C=O) groups is 1. The van der Waals surface area contributed by atoms with E-state index in [1.165, 1.54) is 0 Å². The Morgan fingerprint density at radius 3 is 2.54 bits per heavy atom. The molecule has 0 radical (unpaired) electrons. The Morgan fingerprint density at radius 2 is 1.83 bits per heavy atom. The minimum absolute atomic E-state index is 0.306. The van der Waals surface area contributed by atoms with Gasteiger partial charge in [0.1, 0.15) is 5.75 Å². The Bertz CT molecular complexity index is 922. The topological polar surface area (TPSA) is 50.7 Å². The second kappa shape index (κ2) is 7.44. The molecule has 0 saturated carbocycles. The van der Waals surface area contributed by atoms with Gasteiger partial charge in [0, 0.05) is 3.57 Å². The fraction of sp³-hybridized carbons (Fsp3) is 0.0526. The van der Waals surface area contributed by atoms with Gasteiger partial charge >= 0.3 is 0 Å². The van der Waals surface area contributed by atoms with Gasteiger partial charge in [-0.15, -0.1) is 0 Å². The lowest BCUT2D eigenvalue weighted by atomic mass is 10.1. The van der Waals surface area contributed by atoms with Crippen LogP contribution in [0.15, 0.2) is 65.8 Å². The van der Waals surface area contributed by atoms with E-state index in [4.69, 9.17) is 4.74 Å². The molecule has 3 aromatic rings. The molecular formula is C19H15IN2O2. The van der Waals surface area contributed by atoms with Gasteiger partial charge in [0.05, 0.1) is 18.9 Å². The minimum atomic E-state index is -0.306. The third-order valence-electron chi connectivity index (χ3n) is 3.54. The Hall–Kier alpha value is -2.41. The van der Waals surface area contributed by atoms with Gasteiger partial charge in [0.25, 0.3) is 5.91 Å². The van der Waals surface area contributed by atoms with Crippen molar-refractivity contribution in [3.63, 3.8) is 0 Å². The number of rotatable bonds is 4. The maximum absolute atomic E-state index is 12.4. The lowest BCUT2D eigenvalue weighted by Gasteiger charge is -2.09. The van der Waals surface area contributed by atoms with Crippen molar-refractivity contribution < 1.29 is 9.53 Å². The molecule has 120 valence electrons. The van der Waals surface area contributed by atoms with Crippen molar-refractivity contribution in [2.75, 3.05) is 7.11 Å². The zero-order valence-corrected chi connectivity index (χ0v) is 15.2. The molecule has 5 heteroatoms. The largest absolute Gasteiger partial charge is 0.496 e. The van der Waals surface area contributed by atoms with Gasteiger partial charge in [-0.2, -0.15) is 5.10 Å². The van der Waals surface area contributed by atoms with Crippen LogP contribution in [0.3, 0.4) is 0 Å². The van der Waals surface area contributed by atoms with Crippen molar-refractivity contribution in [1.82, 2.24) is 5.43 Å². The first-order valence-electron chi connectivity index (χ1n) is 7.33. The number of carbonyl (C=O) groups excluding carboxylic acids is 1. The molecule has 0 saturated heterocycles. The smallest absolute Gasteiger partial charge is 0.275 e. The van der Waals surface area contributed by atoms with Crippen LogP contribution in [0.4, 0.5) is 0 Å². The average Bonchev–Trinajstić information content (AvgIpc) is 2.60. The molecule has 0 aliphatic heterocycles. The first-order chi connectivity index (χ1) is 11.7. The summed E-state index contributed by atoms with van der Waals surface area (Å²) in [4.78, 5) is 12.4. The van der Waals surface area contributed by atoms with Gasteiger partial charge in [-0.3, -0.25) is 4.79 Å². The molecular weight excluding hydrogens is 415 g/mol. The average molecular weight is 430 g/mol. The quantitative estimate of drug-likeness (QED) is 0.383. The molecule has 4 nitrogen and oxygen atoms in total. The number of hydrazone groups is 1. The summed E-state index contributed by atoms with van der Waals surface area (Å²) in [5.74, 6) is 0.218. The van der Waals surface area contributed by atoms with Gasteiger partial charge < -0.3 is 4.74 Å². The van der Waals surface area contributed by atoms with Gasteiger partial charge in [-0.05, 0) is 63.2 Å². The molecule has 0 aromatic heterocycles. The zero-order valence-electron chi connectivity index (χ0n) is 13.0. The van der Waals surface area contributed by atoms with E-state index in [1.807, 2.05) is 60.7 Å². The number of nitrogens with zero attached hydrogens (tertiary/aromatic N) is 1. The number of amides is 1. The summed E-state index contributed by atoms with van der Waals surface area (Å²) in [6.07, 6.45) is 1.62. The molecule has 24 heavy (non-hydrogen) atoms. The predicted molar refractivity (Wildman–Crippen MR) is 105 cm³/mol. The molecule has 0 aliphatic carbocycles. The number of nitrogens with one attached hydrogen (secondary N) is 1. The second-order valence-electron chi connectivity index (χ2n) is 5.15. The third kappa shape index (κ3) is 3.73. The van der Waals surface area contributed by atoms with Crippen LogP contribution in [0.25, 0.3) is 10.8 Å². The van der Waals surface area contributed by atoms with Crippen molar-refractivity contribution in [3.8, 4) is 5.75 Å². The van der Waals surface area contributed by atoms with E-state index in [2.05, 4.69) is 33.1 Å². The monoisotopic (exact) mass is 430 g/mol. The Morgan fingerprint density at radius 1 is 1.08 bits per heavy atom. The Kier molecular flexibility index (Phi) is 5.10. The first-order valence-corrected chi connectivity index (χ1v) is 8.41. The van der Waals surface area contributed by atoms with Gasteiger partial charge in [0.15, 0.2) is 0 Å². The maximum Gasteiger partial charge on any atom is 0.275 e. The van der Waals surface area contributed by atoms with Crippen molar-refractivity contribution >= 4 is 45.5 Å². The Labute approximate surface area is 153 Å². The molecule has 0 aliphatic rings. The number of methoxy groups -OCH3 is 1. The van der Waals surface area contributed by atoms with Crippen LogP contribution in [0.1, 0.15) is 15.9 Å². The van der Waals surface area contributed by atoms with Crippen molar-refractivity contribution in [2.45, 2.75) is 0 Å². The molecule has 3 aromatic carbocycles. The third-order valence-corrected chi connectivity index (χ3v) is 4.21. The van der Waals surface area contributed by atoms with E-state index in [9.17, 15) is 4.79 Å². The minimum Gasteiger partial charge on any atom is -0.496 e. The highest BCUT2D eigenvalue weighted by Crippen LogP contribution is 2.25. The number of ether oxygens (including phenoxy) is 1. The first kappa shape index (κ1) is 16.4. The fourth-order valence-corrected chi connectivity index (χ4v) is 2.95. The van der Waals surface area contributed by atoms with Crippen LogP contribution < -0.4 is 10.2 Å². The van der Waals surface area contributed by atoms with Crippen LogP contribution in [-0.2, 0) is 0 Å². The van der Waals surface area contributed by atoms with Crippen molar-refractivity contribution in [2.24, 2.45) is 5.10 Å². The van der Waals surface area contributed by atoms with Crippen LogP contribution in [0.2, 0.25) is 0 Å². The van der Waals surface area contributed by atoms with Crippen LogP contribution >= 0.6 is 22.6 Å². The molecule has 0 atom stereocenters. The van der Waals surface area contributed by atoms with E-state index >= 15 is 0 Å². The van der Waals surface area contributed by atoms with Gasteiger partial charge in [-0.25, -0.2) is 5.43 Å². The van der Waals surface area contributed by atoms with Crippen LogP contribution in [-0.4, -0.2) is 19.2 Å². The summed E-state index contributed by atoms with van der Waals surface area (Å²) < 4.78 is 6.45. The molecule has 0 unspecified atom stereocenters. The normalized spacial score (nSPS) is 10.9. The van der Waals surface area contributed by atoms with E-state index < -0.39 is 0 Å².